The van der Waals surface area contributed by atoms with Crippen LogP contribution in [0.5, 0.6) is 5.75 Å². The Morgan fingerprint density at radius 1 is 1.62 bits per heavy atom. The van der Waals surface area contributed by atoms with E-state index in [1.807, 2.05) is 0 Å². The van der Waals surface area contributed by atoms with Crippen LogP contribution in [0.1, 0.15) is 12.5 Å². The average molecular weight is 180 g/mol. The number of rotatable bonds is 2. The number of hydrogen-bond acceptors (Lipinski definition) is 4. The van der Waals surface area contributed by atoms with Crippen molar-refractivity contribution in [3.05, 3.63) is 33.9 Å². The Kier molecular flexibility index (Phi) is 2.27. The molecule has 5 heteroatoms. The largest absolute Gasteiger partial charge is 0.502 e. The lowest BCUT2D eigenvalue weighted by Crippen LogP contribution is -1.94. The number of phenolic OH excluding ortho intramolecular Hbond substituents is 1. The van der Waals surface area contributed by atoms with Gasteiger partial charge in [-0.05, 0) is 24.6 Å². The van der Waals surface area contributed by atoms with Crippen LogP contribution in [0.25, 0.3) is 0 Å². The first-order valence-corrected chi connectivity index (χ1v) is 3.55. The second-order valence-electron chi connectivity index (χ2n) is 2.59. The predicted molar refractivity (Wildman–Crippen MR) is 47.3 cm³/mol. The van der Waals surface area contributed by atoms with Crippen molar-refractivity contribution in [3.8, 4) is 5.75 Å². The molecule has 0 fully saturated rings. The second kappa shape index (κ2) is 3.22. The van der Waals surface area contributed by atoms with Gasteiger partial charge in [0.15, 0.2) is 5.75 Å². The van der Waals surface area contributed by atoms with Crippen LogP contribution in [-0.4, -0.2) is 15.7 Å². The Morgan fingerprint density at radius 3 is 2.62 bits per heavy atom. The van der Waals surface area contributed by atoms with Crippen molar-refractivity contribution in [2.24, 2.45) is 0 Å². The third kappa shape index (κ3) is 1.81. The monoisotopic (exact) mass is 180 g/mol. The van der Waals surface area contributed by atoms with Crippen LogP contribution in [0.15, 0.2) is 18.2 Å². The van der Waals surface area contributed by atoms with Crippen molar-refractivity contribution < 1.29 is 10.0 Å². The highest BCUT2D eigenvalue weighted by Gasteiger charge is 2.12. The summed E-state index contributed by atoms with van der Waals surface area (Å²) in [6.07, 6.45) is 0. The van der Waals surface area contributed by atoms with Crippen molar-refractivity contribution in [3.63, 3.8) is 0 Å². The predicted octanol–water partition coefficient (Wildman–Crippen LogP) is 1.69. The fraction of sp³-hybridized carbons (Fsp3) is 0.125. The van der Waals surface area contributed by atoms with E-state index in [-0.39, 0.29) is 11.4 Å². The lowest BCUT2D eigenvalue weighted by atomic mass is 10.1. The number of nitrogens with one attached hydrogen (secondary N) is 1. The first kappa shape index (κ1) is 9.18. The highest BCUT2D eigenvalue weighted by Crippen LogP contribution is 2.26. The number of nitro groups is 1. The van der Waals surface area contributed by atoms with Crippen molar-refractivity contribution in [1.29, 1.82) is 5.41 Å². The summed E-state index contributed by atoms with van der Waals surface area (Å²) in [6.45, 7) is 1.54. The SMILES string of the molecule is CC(=N)c1ccc([N+](=O)[O-])c(O)c1. The summed E-state index contributed by atoms with van der Waals surface area (Å²) < 4.78 is 0. The van der Waals surface area contributed by atoms with Gasteiger partial charge in [0, 0.05) is 11.8 Å². The molecule has 5 nitrogen and oxygen atoms in total. The molecule has 1 aromatic carbocycles. The van der Waals surface area contributed by atoms with Crippen LogP contribution in [0.4, 0.5) is 5.69 Å². The highest BCUT2D eigenvalue weighted by molar-refractivity contribution is 5.96. The van der Waals surface area contributed by atoms with E-state index in [0.29, 0.717) is 5.56 Å². The molecule has 1 rings (SSSR count). The minimum atomic E-state index is -0.668. The molecule has 0 aliphatic carbocycles. The molecule has 0 amide bonds. The smallest absolute Gasteiger partial charge is 0.310 e. The van der Waals surface area contributed by atoms with E-state index in [0.717, 1.165) is 0 Å². The zero-order chi connectivity index (χ0) is 10.0. The van der Waals surface area contributed by atoms with Gasteiger partial charge >= 0.3 is 5.69 Å². The van der Waals surface area contributed by atoms with Crippen LogP contribution in [0.2, 0.25) is 0 Å². The van der Waals surface area contributed by atoms with Gasteiger partial charge in [-0.3, -0.25) is 10.1 Å². The van der Waals surface area contributed by atoms with E-state index in [1.165, 1.54) is 18.2 Å². The van der Waals surface area contributed by atoms with Crippen LogP contribution in [0, 0.1) is 15.5 Å². The minimum absolute atomic E-state index is 0.255. The normalized spacial score (nSPS) is 9.62. The molecule has 2 N–H and O–H groups in total. The van der Waals surface area contributed by atoms with Gasteiger partial charge in [0.25, 0.3) is 0 Å². The first-order chi connectivity index (χ1) is 6.02. The van der Waals surface area contributed by atoms with Crippen LogP contribution >= 0.6 is 0 Å². The number of hydrogen-bond donors (Lipinski definition) is 2. The minimum Gasteiger partial charge on any atom is -0.502 e. The highest BCUT2D eigenvalue weighted by atomic mass is 16.6. The van der Waals surface area contributed by atoms with Gasteiger partial charge in [0.2, 0.25) is 0 Å². The molecule has 0 spiro atoms. The summed E-state index contributed by atoms with van der Waals surface area (Å²) in [4.78, 5) is 9.63. The number of aromatic hydroxyl groups is 1. The maximum absolute atomic E-state index is 10.3. The first-order valence-electron chi connectivity index (χ1n) is 3.55. The molecule has 0 aliphatic rings. The zero-order valence-corrected chi connectivity index (χ0v) is 6.94. The topological polar surface area (TPSA) is 87.2 Å². The summed E-state index contributed by atoms with van der Waals surface area (Å²) in [7, 11) is 0. The van der Waals surface area contributed by atoms with Crippen molar-refractivity contribution in [2.75, 3.05) is 0 Å². The fourth-order valence-corrected chi connectivity index (χ4v) is 0.911. The molecule has 0 aromatic heterocycles. The van der Waals surface area contributed by atoms with Gasteiger partial charge in [-0.1, -0.05) is 0 Å². The number of nitro benzene ring substituents is 1. The molecule has 0 radical (unpaired) electrons. The van der Waals surface area contributed by atoms with E-state index < -0.39 is 10.7 Å². The Hall–Kier alpha value is -1.91. The Balaban J connectivity index is 3.20. The second-order valence-corrected chi connectivity index (χ2v) is 2.59. The van der Waals surface area contributed by atoms with Gasteiger partial charge in [0.05, 0.1) is 4.92 Å². The molecule has 0 heterocycles. The summed E-state index contributed by atoms with van der Waals surface area (Å²) in [5.74, 6) is -0.408. The molecule has 13 heavy (non-hydrogen) atoms. The van der Waals surface area contributed by atoms with Gasteiger partial charge in [0.1, 0.15) is 0 Å². The summed E-state index contributed by atoms with van der Waals surface area (Å²) in [5.41, 5.74) is 0.387. The third-order valence-electron chi connectivity index (χ3n) is 1.61. The van der Waals surface area contributed by atoms with Crippen LogP contribution < -0.4 is 0 Å². The number of nitrogens with zero attached hydrogens (tertiary/aromatic N) is 1. The molecule has 0 bridgehead atoms. The molecule has 0 atom stereocenters. The van der Waals surface area contributed by atoms with Crippen LogP contribution in [0.3, 0.4) is 0 Å². The van der Waals surface area contributed by atoms with Crippen molar-refractivity contribution in [1.82, 2.24) is 0 Å². The third-order valence-corrected chi connectivity index (χ3v) is 1.61. The lowest BCUT2D eigenvalue weighted by molar-refractivity contribution is -0.385. The maximum Gasteiger partial charge on any atom is 0.310 e. The summed E-state index contributed by atoms with van der Waals surface area (Å²) in [6, 6.07) is 3.82. The van der Waals surface area contributed by atoms with E-state index in [9.17, 15) is 15.2 Å². The molecule has 0 unspecified atom stereocenters. The van der Waals surface area contributed by atoms with Crippen LogP contribution in [-0.2, 0) is 0 Å². The van der Waals surface area contributed by atoms with Gasteiger partial charge in [-0.25, -0.2) is 0 Å². The molecule has 68 valence electrons. The quantitative estimate of drug-likeness (QED) is 0.412. The molecule has 0 saturated carbocycles. The molecule has 1 aromatic rings. The fourth-order valence-electron chi connectivity index (χ4n) is 0.911. The van der Waals surface area contributed by atoms with Gasteiger partial charge in [-0.2, -0.15) is 0 Å². The summed E-state index contributed by atoms with van der Waals surface area (Å²) >= 11 is 0. The molecule has 0 aliphatic heterocycles. The Labute approximate surface area is 74.3 Å². The van der Waals surface area contributed by atoms with Gasteiger partial charge < -0.3 is 10.5 Å². The van der Waals surface area contributed by atoms with E-state index in [4.69, 9.17) is 5.41 Å². The number of benzene rings is 1. The Morgan fingerprint density at radius 2 is 2.23 bits per heavy atom. The van der Waals surface area contributed by atoms with E-state index in [2.05, 4.69) is 0 Å². The van der Waals surface area contributed by atoms with Crippen molar-refractivity contribution >= 4 is 11.4 Å². The van der Waals surface area contributed by atoms with E-state index in [1.54, 1.807) is 6.92 Å². The van der Waals surface area contributed by atoms with E-state index >= 15 is 0 Å². The van der Waals surface area contributed by atoms with Gasteiger partial charge in [-0.15, -0.1) is 0 Å². The maximum atomic E-state index is 10.3. The number of phenols is 1. The standard InChI is InChI=1S/C8H8N2O3/c1-5(9)6-2-3-7(10(12)13)8(11)4-6/h2-4,9,11H,1H3. The zero-order valence-electron chi connectivity index (χ0n) is 6.94. The molecular formula is C8H8N2O3. The summed E-state index contributed by atoms with van der Waals surface area (Å²) in [5, 5.41) is 26.7. The molecular weight excluding hydrogens is 172 g/mol. The molecule has 0 saturated heterocycles. The Bertz CT molecular complexity index is 374. The lowest BCUT2D eigenvalue weighted by Gasteiger charge is -1.99. The average Bonchev–Trinajstić information content (AvgIpc) is 2.03. The van der Waals surface area contributed by atoms with Crippen molar-refractivity contribution in [2.45, 2.75) is 6.92 Å².